The van der Waals surface area contributed by atoms with Crippen LogP contribution in [0.25, 0.3) is 6.08 Å². The number of amides is 2. The molecule has 0 radical (unpaired) electrons. The van der Waals surface area contributed by atoms with Gasteiger partial charge in [-0.25, -0.2) is 4.79 Å². The molecule has 9 heteroatoms. The van der Waals surface area contributed by atoms with Gasteiger partial charge in [-0.15, -0.1) is 0 Å². The molecule has 1 aliphatic heterocycles. The molecule has 2 aromatic carbocycles. The fourth-order valence-corrected chi connectivity index (χ4v) is 3.33. The van der Waals surface area contributed by atoms with Crippen LogP contribution in [0.15, 0.2) is 48.0 Å². The van der Waals surface area contributed by atoms with E-state index < -0.39 is 24.4 Å². The molecule has 1 aliphatic rings. The first-order valence-electron chi connectivity index (χ1n) is 8.94. The third-order valence-electron chi connectivity index (χ3n) is 4.32. The number of halogens is 1. The maximum absolute atomic E-state index is 13.0. The normalized spacial score (nSPS) is 15.3. The number of anilines is 1. The number of hydrogen-bond acceptors (Lipinski definition) is 5. The number of aliphatic carboxylic acids is 1. The van der Waals surface area contributed by atoms with Crippen LogP contribution in [0.1, 0.15) is 18.1 Å². The minimum Gasteiger partial charge on any atom is -0.480 e. The van der Waals surface area contributed by atoms with Crippen molar-refractivity contribution in [3.05, 3.63) is 64.2 Å². The second-order valence-corrected chi connectivity index (χ2v) is 7.14. The van der Waals surface area contributed by atoms with Gasteiger partial charge in [-0.2, -0.15) is 0 Å². The Kier molecular flexibility index (Phi) is 6.49. The standard InChI is InChI=1S/C21H17ClN2O5S/c1-2-12-3-6-14(7-4-12)24-20(28)15(19(27)23-21(24)30)9-13-5-8-17(16(22)10-13)29-11-18(25)26/h3-10H,2,11H2,1H3,(H,25,26)(H,23,27,30)/b15-9+. The summed E-state index contributed by atoms with van der Waals surface area (Å²) in [5.41, 5.74) is 2.01. The lowest BCUT2D eigenvalue weighted by molar-refractivity contribution is -0.139. The molecule has 1 heterocycles. The van der Waals surface area contributed by atoms with Gasteiger partial charge in [-0.05, 0) is 60.1 Å². The number of nitrogens with zero attached hydrogens (tertiary/aromatic N) is 1. The summed E-state index contributed by atoms with van der Waals surface area (Å²) in [5, 5.41) is 11.4. The summed E-state index contributed by atoms with van der Waals surface area (Å²) in [4.78, 5) is 37.3. The zero-order valence-electron chi connectivity index (χ0n) is 15.8. The molecule has 30 heavy (non-hydrogen) atoms. The van der Waals surface area contributed by atoms with Gasteiger partial charge in [0.15, 0.2) is 11.7 Å². The Hall–Kier alpha value is -3.23. The van der Waals surface area contributed by atoms with Crippen LogP contribution in [0, 0.1) is 0 Å². The molecule has 0 atom stereocenters. The molecule has 2 N–H and O–H groups in total. The number of carbonyl (C=O) groups excluding carboxylic acids is 2. The fraction of sp³-hybridized carbons (Fsp3) is 0.143. The van der Waals surface area contributed by atoms with E-state index in [0.717, 1.165) is 12.0 Å². The topological polar surface area (TPSA) is 95.9 Å². The van der Waals surface area contributed by atoms with Crippen LogP contribution in [0.3, 0.4) is 0 Å². The van der Waals surface area contributed by atoms with Crippen LogP contribution in [0.4, 0.5) is 5.69 Å². The van der Waals surface area contributed by atoms with Crippen LogP contribution >= 0.6 is 23.8 Å². The maximum atomic E-state index is 13.0. The Morgan fingerprint density at radius 1 is 1.23 bits per heavy atom. The smallest absolute Gasteiger partial charge is 0.341 e. The van der Waals surface area contributed by atoms with Gasteiger partial charge in [0, 0.05) is 0 Å². The molecule has 154 valence electrons. The summed E-state index contributed by atoms with van der Waals surface area (Å²) in [6.45, 7) is 1.49. The highest BCUT2D eigenvalue weighted by Gasteiger charge is 2.34. The zero-order valence-corrected chi connectivity index (χ0v) is 17.4. The quantitative estimate of drug-likeness (QED) is 0.403. The largest absolute Gasteiger partial charge is 0.480 e. The van der Waals surface area contributed by atoms with Crippen molar-refractivity contribution in [1.82, 2.24) is 5.32 Å². The lowest BCUT2D eigenvalue weighted by atomic mass is 10.1. The van der Waals surface area contributed by atoms with Crippen molar-refractivity contribution >= 4 is 58.5 Å². The van der Waals surface area contributed by atoms with Gasteiger partial charge >= 0.3 is 5.97 Å². The Bertz CT molecular complexity index is 1070. The molecule has 2 aromatic rings. The first kappa shape index (κ1) is 21.5. The molecule has 2 amide bonds. The number of hydrogen-bond donors (Lipinski definition) is 2. The molecule has 0 aliphatic carbocycles. The van der Waals surface area contributed by atoms with Crippen LogP contribution in [-0.2, 0) is 20.8 Å². The van der Waals surface area contributed by atoms with Gasteiger partial charge in [0.1, 0.15) is 11.3 Å². The van der Waals surface area contributed by atoms with Crippen molar-refractivity contribution in [2.45, 2.75) is 13.3 Å². The lowest BCUT2D eigenvalue weighted by Crippen LogP contribution is -2.54. The van der Waals surface area contributed by atoms with Crippen molar-refractivity contribution < 1.29 is 24.2 Å². The highest BCUT2D eigenvalue weighted by Crippen LogP contribution is 2.28. The Morgan fingerprint density at radius 3 is 2.53 bits per heavy atom. The molecule has 0 spiro atoms. The van der Waals surface area contributed by atoms with Crippen molar-refractivity contribution in [3.63, 3.8) is 0 Å². The van der Waals surface area contributed by atoms with Gasteiger partial charge in [0.2, 0.25) is 0 Å². The van der Waals surface area contributed by atoms with E-state index in [0.29, 0.717) is 11.3 Å². The predicted molar refractivity (Wildman–Crippen MR) is 117 cm³/mol. The number of carboxylic acid groups (broad SMARTS) is 1. The van der Waals surface area contributed by atoms with Crippen molar-refractivity contribution in [3.8, 4) is 5.75 Å². The average Bonchev–Trinajstić information content (AvgIpc) is 2.70. The number of nitrogens with one attached hydrogen (secondary N) is 1. The summed E-state index contributed by atoms with van der Waals surface area (Å²) < 4.78 is 5.07. The molecule has 0 unspecified atom stereocenters. The van der Waals surface area contributed by atoms with E-state index in [1.54, 1.807) is 18.2 Å². The highest BCUT2D eigenvalue weighted by molar-refractivity contribution is 7.80. The van der Waals surface area contributed by atoms with Gasteiger partial charge in [-0.3, -0.25) is 19.8 Å². The van der Waals surface area contributed by atoms with Gasteiger partial charge in [0.05, 0.1) is 10.7 Å². The van der Waals surface area contributed by atoms with Crippen molar-refractivity contribution in [1.29, 1.82) is 0 Å². The summed E-state index contributed by atoms with van der Waals surface area (Å²) >= 11 is 11.3. The third kappa shape index (κ3) is 4.67. The van der Waals surface area contributed by atoms with E-state index in [2.05, 4.69) is 5.32 Å². The number of carboxylic acids is 1. The Labute approximate surface area is 182 Å². The third-order valence-corrected chi connectivity index (χ3v) is 4.90. The van der Waals surface area contributed by atoms with Crippen LogP contribution < -0.4 is 15.0 Å². The molecule has 3 rings (SSSR count). The van der Waals surface area contributed by atoms with E-state index in [1.165, 1.54) is 23.1 Å². The molecule has 1 fully saturated rings. The van der Waals surface area contributed by atoms with Crippen LogP contribution in [0.5, 0.6) is 5.75 Å². The molecular weight excluding hydrogens is 428 g/mol. The van der Waals surface area contributed by atoms with Crippen molar-refractivity contribution in [2.75, 3.05) is 11.5 Å². The summed E-state index contributed by atoms with van der Waals surface area (Å²) in [6, 6.07) is 11.8. The summed E-state index contributed by atoms with van der Waals surface area (Å²) in [5.74, 6) is -2.13. The highest BCUT2D eigenvalue weighted by atomic mass is 35.5. The minimum absolute atomic E-state index is 0.00171. The first-order valence-corrected chi connectivity index (χ1v) is 9.73. The number of ether oxygens (including phenoxy) is 1. The molecular formula is C21H17ClN2O5S. The Morgan fingerprint density at radius 2 is 1.93 bits per heavy atom. The molecule has 0 bridgehead atoms. The zero-order chi connectivity index (χ0) is 21.8. The van der Waals surface area contributed by atoms with Gasteiger partial charge < -0.3 is 9.84 Å². The molecule has 1 saturated heterocycles. The molecule has 0 saturated carbocycles. The van der Waals surface area contributed by atoms with E-state index >= 15 is 0 Å². The van der Waals surface area contributed by atoms with E-state index in [1.807, 2.05) is 19.1 Å². The van der Waals surface area contributed by atoms with Crippen molar-refractivity contribution in [2.24, 2.45) is 0 Å². The second-order valence-electron chi connectivity index (χ2n) is 6.35. The van der Waals surface area contributed by atoms with Gasteiger partial charge in [-0.1, -0.05) is 36.7 Å². The molecule has 7 nitrogen and oxygen atoms in total. The number of aryl methyl sites for hydroxylation is 1. The minimum atomic E-state index is -1.13. The number of rotatable bonds is 6. The van der Waals surface area contributed by atoms with E-state index in [4.69, 9.17) is 33.7 Å². The van der Waals surface area contributed by atoms with E-state index in [-0.39, 0.29) is 21.5 Å². The van der Waals surface area contributed by atoms with Crippen LogP contribution in [-0.4, -0.2) is 34.6 Å². The lowest BCUT2D eigenvalue weighted by Gasteiger charge is -2.29. The van der Waals surface area contributed by atoms with Crippen LogP contribution in [0.2, 0.25) is 5.02 Å². The first-order chi connectivity index (χ1) is 14.3. The average molecular weight is 445 g/mol. The SMILES string of the molecule is CCc1ccc(N2C(=O)/C(=C/c3ccc(OCC(=O)O)c(Cl)c3)C(=O)NC2=S)cc1. The Balaban J connectivity index is 1.90. The predicted octanol–water partition coefficient (Wildman–Crippen LogP) is 3.20. The van der Waals surface area contributed by atoms with E-state index in [9.17, 15) is 14.4 Å². The number of benzene rings is 2. The molecule has 0 aromatic heterocycles. The fourth-order valence-electron chi connectivity index (χ4n) is 2.80. The summed E-state index contributed by atoms with van der Waals surface area (Å²) in [7, 11) is 0. The monoisotopic (exact) mass is 444 g/mol. The maximum Gasteiger partial charge on any atom is 0.341 e. The number of thiocarbonyl (C=S) groups is 1. The summed E-state index contributed by atoms with van der Waals surface area (Å²) in [6.07, 6.45) is 2.24. The number of carbonyl (C=O) groups is 3. The van der Waals surface area contributed by atoms with Gasteiger partial charge in [0.25, 0.3) is 11.8 Å². The second kappa shape index (κ2) is 9.06.